The topological polar surface area (TPSA) is 85.3 Å². The van der Waals surface area contributed by atoms with Gasteiger partial charge in [0.2, 0.25) is 0 Å². The lowest BCUT2D eigenvalue weighted by atomic mass is 10.0. The molecule has 0 spiro atoms. The first-order valence-corrected chi connectivity index (χ1v) is 7.17. The highest BCUT2D eigenvalue weighted by atomic mass is 17.2. The van der Waals surface area contributed by atoms with Crippen molar-refractivity contribution in [1.82, 2.24) is 0 Å². The molecule has 1 N–H and O–H groups in total. The van der Waals surface area contributed by atoms with E-state index in [0.717, 1.165) is 12.0 Å². The number of amides is 1. The van der Waals surface area contributed by atoms with Gasteiger partial charge in [-0.25, -0.2) is 19.5 Å². The molecule has 7 heteroatoms. The average Bonchev–Trinajstić information content (AvgIpc) is 2.51. The molecule has 120 valence electrons. The van der Waals surface area contributed by atoms with Gasteiger partial charge in [-0.05, 0) is 25.0 Å². The number of rotatable bonds is 6. The van der Waals surface area contributed by atoms with Crippen molar-refractivity contribution < 1.29 is 29.2 Å². The molecular weight excluding hydrogens is 290 g/mol. The molecule has 0 saturated carbocycles. The van der Waals surface area contributed by atoms with E-state index >= 15 is 0 Å². The molecule has 1 unspecified atom stereocenters. The number of fused-ring (bicyclic) bond motifs is 1. The minimum absolute atomic E-state index is 0.186. The molecule has 0 fully saturated rings. The van der Waals surface area contributed by atoms with Crippen molar-refractivity contribution in [2.24, 2.45) is 0 Å². The van der Waals surface area contributed by atoms with Crippen LogP contribution in [0.1, 0.15) is 25.3 Å². The lowest BCUT2D eigenvalue weighted by Crippen LogP contribution is -2.45. The predicted molar refractivity (Wildman–Crippen MR) is 77.3 cm³/mol. The number of hydrogen-bond acceptors (Lipinski definition) is 5. The van der Waals surface area contributed by atoms with Gasteiger partial charge in [0.05, 0.1) is 18.7 Å². The fraction of sp³-hybridized carbons (Fsp3) is 0.467. The third kappa shape index (κ3) is 3.96. The summed E-state index contributed by atoms with van der Waals surface area (Å²) in [5.74, 6) is -1.02. The van der Waals surface area contributed by atoms with Crippen LogP contribution in [0.25, 0.3) is 0 Å². The highest BCUT2D eigenvalue weighted by Gasteiger charge is 2.33. The van der Waals surface area contributed by atoms with Crippen LogP contribution in [0.2, 0.25) is 0 Å². The van der Waals surface area contributed by atoms with E-state index in [1.165, 1.54) is 4.90 Å². The quantitative estimate of drug-likeness (QED) is 0.641. The van der Waals surface area contributed by atoms with Gasteiger partial charge in [0.1, 0.15) is 6.61 Å². The van der Waals surface area contributed by atoms with Gasteiger partial charge in [-0.2, -0.15) is 0 Å². The van der Waals surface area contributed by atoms with Crippen molar-refractivity contribution in [2.45, 2.75) is 32.4 Å². The van der Waals surface area contributed by atoms with Crippen LogP contribution in [0.5, 0.6) is 0 Å². The van der Waals surface area contributed by atoms with Gasteiger partial charge in [0, 0.05) is 6.42 Å². The van der Waals surface area contributed by atoms with Crippen molar-refractivity contribution in [3.05, 3.63) is 29.8 Å². The van der Waals surface area contributed by atoms with Gasteiger partial charge in [-0.1, -0.05) is 18.2 Å². The molecule has 22 heavy (non-hydrogen) atoms. The largest absolute Gasteiger partial charge is 0.481 e. The third-order valence-corrected chi connectivity index (χ3v) is 3.23. The Hall–Kier alpha value is -2.12. The van der Waals surface area contributed by atoms with Crippen molar-refractivity contribution in [3.63, 3.8) is 0 Å². The van der Waals surface area contributed by atoms with Crippen LogP contribution in [-0.4, -0.2) is 36.6 Å². The maximum Gasteiger partial charge on any atom is 0.416 e. The SMILES string of the molecule is CCOOC1CCc2ccccc2N1C(=O)OCCC(=O)O. The van der Waals surface area contributed by atoms with E-state index in [9.17, 15) is 9.59 Å². The normalized spacial score (nSPS) is 17.0. The number of aliphatic carboxylic acids is 1. The zero-order valence-electron chi connectivity index (χ0n) is 12.4. The van der Waals surface area contributed by atoms with Crippen LogP contribution >= 0.6 is 0 Å². The summed E-state index contributed by atoms with van der Waals surface area (Å²) in [6, 6.07) is 7.45. The summed E-state index contributed by atoms with van der Waals surface area (Å²) in [5.41, 5.74) is 1.70. The average molecular weight is 309 g/mol. The summed E-state index contributed by atoms with van der Waals surface area (Å²) in [4.78, 5) is 34.4. The first-order valence-electron chi connectivity index (χ1n) is 7.17. The van der Waals surface area contributed by atoms with Crippen LogP contribution in [0.3, 0.4) is 0 Å². The molecule has 0 saturated heterocycles. The summed E-state index contributed by atoms with van der Waals surface area (Å²) in [7, 11) is 0. The van der Waals surface area contributed by atoms with Crippen molar-refractivity contribution in [1.29, 1.82) is 0 Å². The lowest BCUT2D eigenvalue weighted by molar-refractivity contribution is -0.321. The monoisotopic (exact) mass is 309 g/mol. The van der Waals surface area contributed by atoms with Crippen molar-refractivity contribution >= 4 is 17.7 Å². The summed E-state index contributed by atoms with van der Waals surface area (Å²) >= 11 is 0. The zero-order valence-corrected chi connectivity index (χ0v) is 12.4. The summed E-state index contributed by atoms with van der Waals surface area (Å²) in [6.45, 7) is 1.96. The molecule has 1 aromatic carbocycles. The van der Waals surface area contributed by atoms with Crippen LogP contribution in [0.4, 0.5) is 10.5 Å². The highest BCUT2D eigenvalue weighted by molar-refractivity contribution is 5.89. The number of nitrogens with zero attached hydrogens (tertiary/aromatic N) is 1. The standard InChI is InChI=1S/C15H19NO6/c1-2-21-22-13-8-7-11-5-3-4-6-12(11)16(13)15(19)20-10-9-14(17)18/h3-6,13H,2,7-10H2,1H3,(H,17,18). The Balaban J connectivity index is 2.13. The minimum atomic E-state index is -1.02. The Bertz CT molecular complexity index is 533. The summed E-state index contributed by atoms with van der Waals surface area (Å²) < 4.78 is 5.03. The molecular formula is C15H19NO6. The molecule has 1 aromatic rings. The number of benzene rings is 1. The fourth-order valence-corrected chi connectivity index (χ4v) is 2.27. The molecule has 0 aliphatic carbocycles. The van der Waals surface area contributed by atoms with E-state index in [1.807, 2.05) is 18.2 Å². The Morgan fingerprint density at radius 2 is 2.14 bits per heavy atom. The van der Waals surface area contributed by atoms with Crippen LogP contribution in [0, 0.1) is 0 Å². The molecule has 1 aliphatic heterocycles. The first-order chi connectivity index (χ1) is 10.6. The van der Waals surface area contributed by atoms with Gasteiger partial charge in [-0.3, -0.25) is 4.79 Å². The van der Waals surface area contributed by atoms with E-state index < -0.39 is 18.3 Å². The molecule has 1 atom stereocenters. The second-order valence-electron chi connectivity index (χ2n) is 4.75. The van der Waals surface area contributed by atoms with E-state index in [0.29, 0.717) is 18.7 Å². The number of carboxylic acids is 1. The van der Waals surface area contributed by atoms with Gasteiger partial charge in [-0.15, -0.1) is 0 Å². The van der Waals surface area contributed by atoms with Crippen LogP contribution in [0.15, 0.2) is 24.3 Å². The minimum Gasteiger partial charge on any atom is -0.481 e. The number of anilines is 1. The van der Waals surface area contributed by atoms with E-state index in [1.54, 1.807) is 13.0 Å². The van der Waals surface area contributed by atoms with E-state index in [-0.39, 0.29) is 13.0 Å². The lowest BCUT2D eigenvalue weighted by Gasteiger charge is -2.34. The Morgan fingerprint density at radius 1 is 1.36 bits per heavy atom. The second kappa shape index (κ2) is 7.77. The van der Waals surface area contributed by atoms with E-state index in [2.05, 4.69) is 0 Å². The van der Waals surface area contributed by atoms with E-state index in [4.69, 9.17) is 19.6 Å². The molecule has 1 aliphatic rings. The predicted octanol–water partition coefficient (Wildman–Crippen LogP) is 2.34. The zero-order chi connectivity index (χ0) is 15.9. The first kappa shape index (κ1) is 16.3. The second-order valence-corrected chi connectivity index (χ2v) is 4.75. The van der Waals surface area contributed by atoms with Crippen molar-refractivity contribution in [2.75, 3.05) is 18.1 Å². The molecule has 0 radical (unpaired) electrons. The highest BCUT2D eigenvalue weighted by Crippen LogP contribution is 2.31. The smallest absolute Gasteiger partial charge is 0.416 e. The molecule has 7 nitrogen and oxygen atoms in total. The van der Waals surface area contributed by atoms with Crippen molar-refractivity contribution in [3.8, 4) is 0 Å². The summed E-state index contributed by atoms with van der Waals surface area (Å²) in [6.07, 6.45) is -0.138. The third-order valence-electron chi connectivity index (χ3n) is 3.23. The van der Waals surface area contributed by atoms with Gasteiger partial charge < -0.3 is 9.84 Å². The van der Waals surface area contributed by atoms with Gasteiger partial charge in [0.25, 0.3) is 0 Å². The molecule has 2 rings (SSSR count). The number of para-hydroxylation sites is 1. The maximum atomic E-state index is 12.3. The Kier molecular flexibility index (Phi) is 5.74. The Labute approximate surface area is 128 Å². The number of aryl methyl sites for hydroxylation is 1. The summed E-state index contributed by atoms with van der Waals surface area (Å²) in [5, 5.41) is 8.61. The van der Waals surface area contributed by atoms with Gasteiger partial charge >= 0.3 is 12.1 Å². The Morgan fingerprint density at radius 3 is 2.86 bits per heavy atom. The number of carbonyl (C=O) groups excluding carboxylic acids is 1. The van der Waals surface area contributed by atoms with Crippen LogP contribution < -0.4 is 4.90 Å². The number of ether oxygens (including phenoxy) is 1. The molecule has 0 bridgehead atoms. The number of carboxylic acid groups (broad SMARTS) is 1. The fourth-order valence-electron chi connectivity index (χ4n) is 2.27. The van der Waals surface area contributed by atoms with Crippen LogP contribution in [-0.2, 0) is 25.7 Å². The number of hydrogen-bond donors (Lipinski definition) is 1. The molecule has 1 heterocycles. The molecule has 0 aromatic heterocycles. The molecule has 1 amide bonds. The number of carbonyl (C=O) groups is 2. The van der Waals surface area contributed by atoms with Gasteiger partial charge in [0.15, 0.2) is 6.23 Å². The maximum absolute atomic E-state index is 12.3.